The van der Waals surface area contributed by atoms with E-state index >= 15 is 0 Å². The quantitative estimate of drug-likeness (QED) is 0.179. The lowest BCUT2D eigenvalue weighted by molar-refractivity contribution is -0.277. The summed E-state index contributed by atoms with van der Waals surface area (Å²) in [4.78, 5) is 26.3. The number of carbonyl (C=O) groups is 2. The van der Waals surface area contributed by atoms with Crippen molar-refractivity contribution in [2.75, 3.05) is 19.7 Å². The van der Waals surface area contributed by atoms with Gasteiger partial charge in [0.1, 0.15) is 11.7 Å². The first-order chi connectivity index (χ1) is 19.5. The molecule has 6 N–H and O–H groups in total. The summed E-state index contributed by atoms with van der Waals surface area (Å²) in [5.41, 5.74) is -2.03. The minimum Gasteiger partial charge on any atom is -0.530 e. The first-order valence-electron chi connectivity index (χ1n) is 14.3. The molecular formula is C32H48N3O7-. The Morgan fingerprint density at radius 1 is 0.833 bits per heavy atom. The molecule has 5 atom stereocenters. The number of nitrogens with one attached hydrogen (secondary N) is 2. The second-order valence-corrected chi connectivity index (χ2v) is 12.7. The fourth-order valence-electron chi connectivity index (χ4n) is 4.62. The minimum absolute atomic E-state index is 0.0424. The molecule has 0 spiro atoms. The van der Waals surface area contributed by atoms with E-state index in [0.29, 0.717) is 0 Å². The average Bonchev–Trinajstić information content (AvgIpc) is 2.92. The van der Waals surface area contributed by atoms with Crippen molar-refractivity contribution >= 4 is 12.0 Å². The molecule has 0 saturated heterocycles. The lowest BCUT2D eigenvalue weighted by atomic mass is 9.77. The van der Waals surface area contributed by atoms with Crippen LogP contribution in [0, 0.1) is 5.41 Å². The maximum Gasteiger partial charge on any atom is 0.252 e. The van der Waals surface area contributed by atoms with Crippen LogP contribution in [0.5, 0.6) is 0 Å². The lowest BCUT2D eigenvalue weighted by Crippen LogP contribution is -2.64. The molecular weight excluding hydrogens is 538 g/mol. The Hall–Kier alpha value is -3.02. The molecule has 2 aromatic carbocycles. The van der Waals surface area contributed by atoms with Crippen LogP contribution in [0.4, 0.5) is 4.79 Å². The van der Waals surface area contributed by atoms with E-state index in [-0.39, 0.29) is 25.9 Å². The molecule has 0 unspecified atom stereocenters. The summed E-state index contributed by atoms with van der Waals surface area (Å²) in [5, 5.41) is 61.2. The molecule has 2 rings (SSSR count). The van der Waals surface area contributed by atoms with Gasteiger partial charge in [0, 0.05) is 13.1 Å². The summed E-state index contributed by atoms with van der Waals surface area (Å²) in [6.07, 6.45) is -3.41. The smallest absolute Gasteiger partial charge is 0.252 e. The molecule has 2 amide bonds. The van der Waals surface area contributed by atoms with E-state index in [1.807, 2.05) is 60.7 Å². The molecule has 0 aromatic heterocycles. The number of hydrogen-bond acceptors (Lipinski definition) is 8. The number of carbonyl (C=O) groups excluding carboxylic acids is 2. The highest BCUT2D eigenvalue weighted by Crippen LogP contribution is 2.30. The Balaban J connectivity index is 2.21. The number of amides is 2. The zero-order valence-corrected chi connectivity index (χ0v) is 25.6. The SMILES string of the molecule is CC(C)(CO)N(C(=O)[O-])[C@@H](Cc1ccccc1)[C@H](O)CNC[C@@H](O)[C@H](Cc1ccccc1)NC(=O)[C@](C)(O)C(C)(C)C. The zero-order valence-electron chi connectivity index (χ0n) is 25.6. The van der Waals surface area contributed by atoms with Gasteiger partial charge in [-0.15, -0.1) is 0 Å². The van der Waals surface area contributed by atoms with Gasteiger partial charge in [0.2, 0.25) is 0 Å². The second kappa shape index (κ2) is 14.9. The normalized spacial score (nSPS) is 16.5. The standard InChI is InChI=1S/C32H49N3O7/c1-30(2,3)32(6,42)28(39)34-24(17-22-13-9-7-10-14-22)26(37)19-33-20-27(38)25(18-23-15-11-8-12-16-23)35(29(40)41)31(4,5)21-36/h7-16,24-27,33,36-38,42H,17-21H2,1-6H3,(H,34,39)(H,40,41)/p-1/t24-,25-,26+,27+,32-/m0/s1. The third-order valence-corrected chi connectivity index (χ3v) is 7.99. The molecule has 2 aromatic rings. The predicted octanol–water partition coefficient (Wildman–Crippen LogP) is 0.850. The van der Waals surface area contributed by atoms with Gasteiger partial charge in [-0.1, -0.05) is 81.4 Å². The van der Waals surface area contributed by atoms with Crippen LogP contribution in [0.1, 0.15) is 52.7 Å². The molecule has 10 nitrogen and oxygen atoms in total. The van der Waals surface area contributed by atoms with E-state index < -0.39 is 59.5 Å². The van der Waals surface area contributed by atoms with Crippen molar-refractivity contribution < 1.29 is 35.1 Å². The van der Waals surface area contributed by atoms with Gasteiger partial charge in [-0.05, 0) is 50.2 Å². The van der Waals surface area contributed by atoms with Crippen molar-refractivity contribution in [3.8, 4) is 0 Å². The molecule has 0 bridgehead atoms. The third kappa shape index (κ3) is 9.50. The maximum atomic E-state index is 13.1. The molecule has 0 heterocycles. The molecule has 0 saturated carbocycles. The van der Waals surface area contributed by atoms with Crippen LogP contribution in [0.3, 0.4) is 0 Å². The highest BCUT2D eigenvalue weighted by atomic mass is 16.4. The lowest BCUT2D eigenvalue weighted by Gasteiger charge is -2.46. The zero-order chi connectivity index (χ0) is 31.7. The number of aliphatic hydroxyl groups excluding tert-OH is 3. The van der Waals surface area contributed by atoms with Gasteiger partial charge in [0.25, 0.3) is 5.91 Å². The van der Waals surface area contributed by atoms with E-state index in [2.05, 4.69) is 10.6 Å². The van der Waals surface area contributed by atoms with Crippen LogP contribution in [0.2, 0.25) is 0 Å². The molecule has 234 valence electrons. The van der Waals surface area contributed by atoms with Crippen LogP contribution in [-0.2, 0) is 17.6 Å². The number of carboxylic acid groups (broad SMARTS) is 1. The summed E-state index contributed by atoms with van der Waals surface area (Å²) < 4.78 is 0. The second-order valence-electron chi connectivity index (χ2n) is 12.7. The van der Waals surface area contributed by atoms with Crippen molar-refractivity contribution in [1.29, 1.82) is 0 Å². The van der Waals surface area contributed by atoms with Gasteiger partial charge in [-0.25, -0.2) is 0 Å². The van der Waals surface area contributed by atoms with Crippen molar-refractivity contribution in [1.82, 2.24) is 15.5 Å². The molecule has 0 radical (unpaired) electrons. The van der Waals surface area contributed by atoms with Crippen LogP contribution >= 0.6 is 0 Å². The number of hydrogen-bond donors (Lipinski definition) is 6. The summed E-state index contributed by atoms with van der Waals surface area (Å²) >= 11 is 0. The minimum atomic E-state index is -1.70. The van der Waals surface area contributed by atoms with Crippen molar-refractivity contribution in [2.24, 2.45) is 5.41 Å². The molecule has 42 heavy (non-hydrogen) atoms. The van der Waals surface area contributed by atoms with Crippen molar-refractivity contribution in [3.05, 3.63) is 71.8 Å². The summed E-state index contributed by atoms with van der Waals surface area (Å²) in [6, 6.07) is 16.7. The van der Waals surface area contributed by atoms with E-state index in [1.165, 1.54) is 6.92 Å². The van der Waals surface area contributed by atoms with Gasteiger partial charge < -0.3 is 45.9 Å². The molecule has 10 heteroatoms. The van der Waals surface area contributed by atoms with E-state index in [4.69, 9.17) is 0 Å². The van der Waals surface area contributed by atoms with Crippen LogP contribution < -0.4 is 15.7 Å². The first-order valence-corrected chi connectivity index (χ1v) is 14.3. The van der Waals surface area contributed by atoms with E-state index in [9.17, 15) is 35.1 Å². The average molecular weight is 587 g/mol. The topological polar surface area (TPSA) is 165 Å². The summed E-state index contributed by atoms with van der Waals surface area (Å²) in [7, 11) is 0. The van der Waals surface area contributed by atoms with E-state index in [1.54, 1.807) is 34.6 Å². The van der Waals surface area contributed by atoms with Gasteiger partial charge >= 0.3 is 0 Å². The summed E-state index contributed by atoms with van der Waals surface area (Å²) in [6.45, 7) is 9.16. The van der Waals surface area contributed by atoms with Gasteiger partial charge in [0.05, 0.1) is 36.4 Å². The van der Waals surface area contributed by atoms with Crippen LogP contribution in [0.25, 0.3) is 0 Å². The summed E-state index contributed by atoms with van der Waals surface area (Å²) in [5.74, 6) is -0.617. The molecule has 0 aliphatic rings. The fraction of sp³-hybridized carbons (Fsp3) is 0.562. The van der Waals surface area contributed by atoms with Crippen molar-refractivity contribution in [3.63, 3.8) is 0 Å². The van der Waals surface area contributed by atoms with Crippen LogP contribution in [0.15, 0.2) is 60.7 Å². The number of aliphatic hydroxyl groups is 4. The Morgan fingerprint density at radius 2 is 1.31 bits per heavy atom. The molecule has 0 fully saturated rings. The Kier molecular flexibility index (Phi) is 12.5. The van der Waals surface area contributed by atoms with Gasteiger partial charge in [0.15, 0.2) is 0 Å². The predicted molar refractivity (Wildman–Crippen MR) is 159 cm³/mol. The Bertz CT molecular complexity index is 1120. The molecule has 0 aliphatic heterocycles. The number of benzene rings is 2. The Labute approximate surface area is 249 Å². The van der Waals surface area contributed by atoms with Gasteiger partial charge in [-0.3, -0.25) is 4.79 Å². The van der Waals surface area contributed by atoms with E-state index in [0.717, 1.165) is 16.0 Å². The van der Waals surface area contributed by atoms with Gasteiger partial charge in [-0.2, -0.15) is 0 Å². The fourth-order valence-corrected chi connectivity index (χ4v) is 4.62. The monoisotopic (exact) mass is 586 g/mol. The number of nitrogens with zero attached hydrogens (tertiary/aromatic N) is 1. The largest absolute Gasteiger partial charge is 0.530 e. The highest BCUT2D eigenvalue weighted by molar-refractivity contribution is 5.85. The maximum absolute atomic E-state index is 13.1. The first kappa shape index (κ1) is 35.2. The van der Waals surface area contributed by atoms with Crippen LogP contribution in [-0.4, -0.2) is 92.5 Å². The Morgan fingerprint density at radius 3 is 1.76 bits per heavy atom. The molecule has 0 aliphatic carbocycles. The van der Waals surface area contributed by atoms with Crippen molar-refractivity contribution in [2.45, 2.75) is 89.8 Å². The number of rotatable bonds is 15. The highest BCUT2D eigenvalue weighted by Gasteiger charge is 2.43. The third-order valence-electron chi connectivity index (χ3n) is 7.99.